The number of sulfone groups is 1. The molecule has 0 aliphatic carbocycles. The van der Waals surface area contributed by atoms with Crippen LogP contribution in [0.4, 0.5) is 0 Å². The number of hydrogen-bond acceptors (Lipinski definition) is 3. The van der Waals surface area contributed by atoms with Crippen molar-refractivity contribution in [3.05, 3.63) is 35.4 Å². The Bertz CT molecular complexity index is 482. The molecule has 1 aromatic rings. The van der Waals surface area contributed by atoms with Crippen LogP contribution >= 0.6 is 27.5 Å². The molecule has 6 heteroatoms. The van der Waals surface area contributed by atoms with Crippen LogP contribution in [0.25, 0.3) is 0 Å². The van der Waals surface area contributed by atoms with E-state index >= 15 is 0 Å². The Morgan fingerprint density at radius 1 is 1.41 bits per heavy atom. The van der Waals surface area contributed by atoms with Crippen LogP contribution in [0.15, 0.2) is 24.3 Å². The standard InChI is InChI=1S/C11H14BrClO3S/c1-3-17(15,16)11(12,13)10(14)9-6-4-8(2)5-7-9/h4-7,10,14H,3H2,1-2H3/t10-,11+/m0/s1. The molecule has 1 rings (SSSR count). The molecule has 0 fully saturated rings. The number of alkyl halides is 2. The van der Waals surface area contributed by atoms with Gasteiger partial charge in [0.1, 0.15) is 6.10 Å². The summed E-state index contributed by atoms with van der Waals surface area (Å²) in [6, 6.07) is 6.89. The van der Waals surface area contributed by atoms with Crippen LogP contribution in [-0.2, 0) is 9.84 Å². The number of benzene rings is 1. The van der Waals surface area contributed by atoms with E-state index in [0.29, 0.717) is 5.56 Å². The Balaban J connectivity index is 3.12. The minimum absolute atomic E-state index is 0.148. The average molecular weight is 342 g/mol. The van der Waals surface area contributed by atoms with Crippen LogP contribution in [-0.4, -0.2) is 22.4 Å². The zero-order valence-electron chi connectivity index (χ0n) is 9.52. The predicted octanol–water partition coefficient (Wildman–Crippen LogP) is 2.75. The predicted molar refractivity (Wildman–Crippen MR) is 73.1 cm³/mol. The van der Waals surface area contributed by atoms with Gasteiger partial charge in [-0.15, -0.1) is 0 Å². The molecule has 0 aliphatic rings. The van der Waals surface area contributed by atoms with Crippen LogP contribution in [0.5, 0.6) is 0 Å². The number of aliphatic hydroxyl groups is 1. The molecule has 0 heterocycles. The van der Waals surface area contributed by atoms with Gasteiger partial charge >= 0.3 is 0 Å². The second kappa shape index (κ2) is 5.26. The fourth-order valence-corrected chi connectivity index (χ4v) is 3.57. The third kappa shape index (κ3) is 3.02. The van der Waals surface area contributed by atoms with E-state index < -0.39 is 19.1 Å². The largest absolute Gasteiger partial charge is 0.385 e. The van der Waals surface area contributed by atoms with Crippen LogP contribution in [0, 0.1) is 6.92 Å². The first-order valence-electron chi connectivity index (χ1n) is 5.07. The van der Waals surface area contributed by atoms with Gasteiger partial charge in [0.25, 0.3) is 0 Å². The van der Waals surface area contributed by atoms with Gasteiger partial charge in [0.05, 0.1) is 5.75 Å². The summed E-state index contributed by atoms with van der Waals surface area (Å²) in [5.41, 5.74) is 1.48. The number of rotatable bonds is 4. The molecular formula is C11H14BrClO3S. The van der Waals surface area contributed by atoms with E-state index in [0.717, 1.165) is 5.56 Å². The van der Waals surface area contributed by atoms with Gasteiger partial charge < -0.3 is 5.11 Å². The lowest BCUT2D eigenvalue weighted by molar-refractivity contribution is 0.185. The highest BCUT2D eigenvalue weighted by Gasteiger charge is 2.45. The molecule has 17 heavy (non-hydrogen) atoms. The molecule has 0 saturated carbocycles. The van der Waals surface area contributed by atoms with Crippen LogP contribution in [0.2, 0.25) is 0 Å². The van der Waals surface area contributed by atoms with Crippen LogP contribution < -0.4 is 0 Å². The van der Waals surface area contributed by atoms with Crippen molar-refractivity contribution in [2.24, 2.45) is 0 Å². The summed E-state index contributed by atoms with van der Waals surface area (Å²) in [6.45, 7) is 3.39. The minimum Gasteiger partial charge on any atom is -0.385 e. The maximum Gasteiger partial charge on any atom is 0.229 e. The maximum atomic E-state index is 11.8. The van der Waals surface area contributed by atoms with E-state index in [1.165, 1.54) is 6.92 Å². The van der Waals surface area contributed by atoms with E-state index in [4.69, 9.17) is 11.6 Å². The van der Waals surface area contributed by atoms with Gasteiger partial charge in [0, 0.05) is 0 Å². The van der Waals surface area contributed by atoms with Gasteiger partial charge in [0.15, 0.2) is 9.84 Å². The van der Waals surface area contributed by atoms with E-state index in [1.807, 2.05) is 6.92 Å². The summed E-state index contributed by atoms with van der Waals surface area (Å²) in [7, 11) is -3.62. The average Bonchev–Trinajstić information content (AvgIpc) is 2.28. The molecule has 0 unspecified atom stereocenters. The first kappa shape index (κ1) is 15.0. The van der Waals surface area contributed by atoms with Crippen LogP contribution in [0.1, 0.15) is 24.2 Å². The minimum atomic E-state index is -3.62. The Labute approximate surface area is 115 Å². The van der Waals surface area contributed by atoms with Crippen molar-refractivity contribution in [3.63, 3.8) is 0 Å². The Morgan fingerprint density at radius 2 is 1.88 bits per heavy atom. The van der Waals surface area contributed by atoms with E-state index in [1.54, 1.807) is 24.3 Å². The van der Waals surface area contributed by atoms with Gasteiger partial charge in [-0.2, -0.15) is 0 Å². The lowest BCUT2D eigenvalue weighted by atomic mass is 10.1. The number of hydrogen-bond donors (Lipinski definition) is 1. The number of aliphatic hydroxyl groups excluding tert-OH is 1. The van der Waals surface area contributed by atoms with Crippen molar-refractivity contribution in [3.8, 4) is 0 Å². The van der Waals surface area contributed by atoms with Crippen molar-refractivity contribution < 1.29 is 13.5 Å². The lowest BCUT2D eigenvalue weighted by Crippen LogP contribution is -2.34. The first-order valence-corrected chi connectivity index (χ1v) is 7.89. The van der Waals surface area contributed by atoms with Gasteiger partial charge in [-0.25, -0.2) is 8.42 Å². The number of halogens is 2. The second-order valence-corrected chi connectivity index (χ2v) is 9.28. The number of aryl methyl sites for hydroxylation is 1. The zero-order valence-corrected chi connectivity index (χ0v) is 12.7. The van der Waals surface area contributed by atoms with Gasteiger partial charge in [-0.1, -0.05) is 48.4 Å². The summed E-state index contributed by atoms with van der Waals surface area (Å²) >= 11 is 8.84. The van der Waals surface area contributed by atoms with E-state index in [-0.39, 0.29) is 5.75 Å². The van der Waals surface area contributed by atoms with Gasteiger partial charge in [0.2, 0.25) is 3.12 Å². The highest BCUT2D eigenvalue weighted by molar-refractivity contribution is 9.12. The normalized spacial score (nSPS) is 17.5. The molecule has 1 N–H and O–H groups in total. The zero-order chi connectivity index (χ0) is 13.3. The first-order chi connectivity index (χ1) is 7.72. The highest BCUT2D eigenvalue weighted by Crippen LogP contribution is 2.42. The van der Waals surface area contributed by atoms with E-state index in [2.05, 4.69) is 15.9 Å². The SMILES string of the molecule is CCS(=O)(=O)[C@@](Cl)(Br)[C@@H](O)c1ccc(C)cc1. The summed E-state index contributed by atoms with van der Waals surface area (Å²) in [5, 5.41) is 10.0. The molecular weight excluding hydrogens is 328 g/mol. The Kier molecular flexibility index (Phi) is 4.63. The van der Waals surface area contributed by atoms with Crippen molar-refractivity contribution >= 4 is 37.4 Å². The van der Waals surface area contributed by atoms with Crippen molar-refractivity contribution in [1.82, 2.24) is 0 Å². The van der Waals surface area contributed by atoms with E-state index in [9.17, 15) is 13.5 Å². The quantitative estimate of drug-likeness (QED) is 0.857. The fourth-order valence-electron chi connectivity index (χ4n) is 1.31. The summed E-state index contributed by atoms with van der Waals surface area (Å²) < 4.78 is 21.6. The monoisotopic (exact) mass is 340 g/mol. The Morgan fingerprint density at radius 3 is 2.29 bits per heavy atom. The molecule has 0 amide bonds. The van der Waals surface area contributed by atoms with Crippen molar-refractivity contribution in [1.29, 1.82) is 0 Å². The topological polar surface area (TPSA) is 54.4 Å². The summed E-state index contributed by atoms with van der Waals surface area (Å²) in [5.74, 6) is -0.148. The van der Waals surface area contributed by atoms with Crippen molar-refractivity contribution in [2.45, 2.75) is 23.1 Å². The third-order valence-corrected chi connectivity index (χ3v) is 7.14. The molecule has 0 radical (unpaired) electrons. The summed E-state index contributed by atoms with van der Waals surface area (Å²) in [6.07, 6.45) is -1.32. The molecule has 0 spiro atoms. The van der Waals surface area contributed by atoms with Gasteiger partial charge in [-0.05, 0) is 28.4 Å². The molecule has 3 nitrogen and oxygen atoms in total. The van der Waals surface area contributed by atoms with Crippen LogP contribution in [0.3, 0.4) is 0 Å². The second-order valence-electron chi connectivity index (χ2n) is 3.78. The fraction of sp³-hybridized carbons (Fsp3) is 0.455. The molecule has 0 aromatic heterocycles. The molecule has 1 aromatic carbocycles. The lowest BCUT2D eigenvalue weighted by Gasteiger charge is -2.25. The van der Waals surface area contributed by atoms with Crippen molar-refractivity contribution in [2.75, 3.05) is 5.75 Å². The highest BCUT2D eigenvalue weighted by atomic mass is 79.9. The smallest absolute Gasteiger partial charge is 0.229 e. The molecule has 0 saturated heterocycles. The molecule has 0 bridgehead atoms. The van der Waals surface area contributed by atoms with Gasteiger partial charge in [-0.3, -0.25) is 0 Å². The Hall–Kier alpha value is -0.100. The summed E-state index contributed by atoms with van der Waals surface area (Å²) in [4.78, 5) is 0. The molecule has 0 aliphatic heterocycles. The maximum absolute atomic E-state index is 11.8. The third-order valence-electron chi connectivity index (χ3n) is 2.51. The molecule has 96 valence electrons. The molecule has 2 atom stereocenters.